The molecule has 6 nitrogen and oxygen atoms in total. The molecule has 0 radical (unpaired) electrons. The van der Waals surface area contributed by atoms with Crippen LogP contribution in [-0.2, 0) is 0 Å². The molecule has 1 aliphatic rings. The van der Waals surface area contributed by atoms with Crippen molar-refractivity contribution in [3.8, 4) is 11.3 Å². The molecule has 1 fully saturated rings. The Balaban J connectivity index is 1.66. The number of aromatic nitrogens is 2. The second-order valence-corrected chi connectivity index (χ2v) is 6.99. The molecule has 2 unspecified atom stereocenters. The number of hydrogen-bond acceptors (Lipinski definition) is 3. The summed E-state index contributed by atoms with van der Waals surface area (Å²) < 4.78 is 1.82. The summed E-state index contributed by atoms with van der Waals surface area (Å²) in [6, 6.07) is 11.7. The number of anilines is 1. The summed E-state index contributed by atoms with van der Waals surface area (Å²) in [5.74, 6) is 1.04. The topological polar surface area (TPSA) is 79.2 Å². The molecule has 2 amide bonds. The van der Waals surface area contributed by atoms with Crippen LogP contribution in [0.1, 0.15) is 39.2 Å². The fourth-order valence-corrected chi connectivity index (χ4v) is 3.26. The van der Waals surface area contributed by atoms with E-state index in [9.17, 15) is 9.90 Å². The number of carbonyl (C=O) groups is 1. The Labute approximate surface area is 148 Å². The highest BCUT2D eigenvalue weighted by Gasteiger charge is 2.23. The van der Waals surface area contributed by atoms with Crippen LogP contribution in [0, 0.1) is 5.92 Å². The van der Waals surface area contributed by atoms with Crippen molar-refractivity contribution in [2.24, 2.45) is 5.92 Å². The maximum atomic E-state index is 12.2. The van der Waals surface area contributed by atoms with Gasteiger partial charge in [-0.1, -0.05) is 30.3 Å². The summed E-state index contributed by atoms with van der Waals surface area (Å²) in [6.45, 7) is 4.65. The van der Waals surface area contributed by atoms with Gasteiger partial charge in [-0.15, -0.1) is 0 Å². The van der Waals surface area contributed by atoms with Gasteiger partial charge >= 0.3 is 6.03 Å². The molecule has 1 aromatic heterocycles. The van der Waals surface area contributed by atoms with E-state index in [0.29, 0.717) is 18.3 Å². The van der Waals surface area contributed by atoms with Crippen molar-refractivity contribution in [3.63, 3.8) is 0 Å². The first-order chi connectivity index (χ1) is 12.0. The van der Waals surface area contributed by atoms with Crippen LogP contribution < -0.4 is 10.6 Å². The summed E-state index contributed by atoms with van der Waals surface area (Å²) in [5, 5.41) is 20.0. The van der Waals surface area contributed by atoms with Crippen molar-refractivity contribution >= 4 is 11.8 Å². The quantitative estimate of drug-likeness (QED) is 0.779. The molecule has 0 aliphatic heterocycles. The van der Waals surface area contributed by atoms with Crippen LogP contribution in [0.4, 0.5) is 10.6 Å². The average molecular weight is 342 g/mol. The van der Waals surface area contributed by atoms with Gasteiger partial charge < -0.3 is 10.4 Å². The minimum atomic E-state index is -0.234. The van der Waals surface area contributed by atoms with Crippen LogP contribution in [0.3, 0.4) is 0 Å². The highest BCUT2D eigenvalue weighted by Crippen LogP contribution is 2.25. The molecule has 6 heteroatoms. The third-order valence-corrected chi connectivity index (χ3v) is 4.60. The summed E-state index contributed by atoms with van der Waals surface area (Å²) in [5.41, 5.74) is 1.86. The molecule has 3 N–H and O–H groups in total. The number of urea groups is 1. The van der Waals surface area contributed by atoms with Crippen molar-refractivity contribution in [1.29, 1.82) is 0 Å². The molecule has 1 heterocycles. The lowest BCUT2D eigenvalue weighted by molar-refractivity contribution is 0.177. The molecule has 1 saturated carbocycles. The highest BCUT2D eigenvalue weighted by molar-refractivity contribution is 5.89. The maximum absolute atomic E-state index is 12.2. The van der Waals surface area contributed by atoms with Crippen LogP contribution in [0.5, 0.6) is 0 Å². The molecule has 1 aromatic carbocycles. The van der Waals surface area contributed by atoms with E-state index in [0.717, 1.165) is 30.5 Å². The molecule has 0 bridgehead atoms. The zero-order valence-corrected chi connectivity index (χ0v) is 14.8. The second-order valence-electron chi connectivity index (χ2n) is 6.99. The summed E-state index contributed by atoms with van der Waals surface area (Å²) in [4.78, 5) is 12.2. The average Bonchev–Trinajstić information content (AvgIpc) is 3.20. The Hall–Kier alpha value is -2.34. The number of aliphatic hydroxyl groups is 1. The number of amides is 2. The maximum Gasteiger partial charge on any atom is 0.320 e. The van der Waals surface area contributed by atoms with E-state index < -0.39 is 0 Å². The summed E-state index contributed by atoms with van der Waals surface area (Å²) in [7, 11) is 0. The zero-order chi connectivity index (χ0) is 17.8. The lowest BCUT2D eigenvalue weighted by Crippen LogP contribution is -2.33. The second kappa shape index (κ2) is 7.70. The Morgan fingerprint density at radius 3 is 2.72 bits per heavy atom. The van der Waals surface area contributed by atoms with Gasteiger partial charge in [-0.3, -0.25) is 5.32 Å². The Morgan fingerprint density at radius 2 is 2.08 bits per heavy atom. The number of rotatable bonds is 5. The van der Waals surface area contributed by atoms with E-state index in [4.69, 9.17) is 0 Å². The van der Waals surface area contributed by atoms with Crippen molar-refractivity contribution in [1.82, 2.24) is 15.1 Å². The van der Waals surface area contributed by atoms with E-state index in [1.807, 2.05) is 54.9 Å². The Kier molecular flexibility index (Phi) is 5.38. The molecular weight excluding hydrogens is 316 g/mol. The van der Waals surface area contributed by atoms with E-state index in [1.54, 1.807) is 0 Å². The third kappa shape index (κ3) is 4.39. The molecule has 25 heavy (non-hydrogen) atoms. The number of nitrogens with one attached hydrogen (secondary N) is 2. The van der Waals surface area contributed by atoms with E-state index in [2.05, 4.69) is 15.7 Å². The molecule has 2 atom stereocenters. The molecule has 3 rings (SSSR count). The van der Waals surface area contributed by atoms with Gasteiger partial charge in [-0.2, -0.15) is 5.10 Å². The van der Waals surface area contributed by atoms with Gasteiger partial charge in [0.2, 0.25) is 0 Å². The van der Waals surface area contributed by atoms with Crippen molar-refractivity contribution in [2.75, 3.05) is 11.9 Å². The monoisotopic (exact) mass is 342 g/mol. The molecule has 0 spiro atoms. The van der Waals surface area contributed by atoms with Crippen LogP contribution in [0.15, 0.2) is 36.4 Å². The SMILES string of the molecule is CC(C)n1nc(-c2ccccc2)cc1NC(=O)NCC1CCC(O)C1. The largest absolute Gasteiger partial charge is 0.393 e. The summed E-state index contributed by atoms with van der Waals surface area (Å²) in [6.07, 6.45) is 2.34. The van der Waals surface area contributed by atoms with Gasteiger partial charge in [0.05, 0.1) is 11.8 Å². The highest BCUT2D eigenvalue weighted by atomic mass is 16.3. The Bertz CT molecular complexity index is 711. The molecule has 134 valence electrons. The summed E-state index contributed by atoms with van der Waals surface area (Å²) >= 11 is 0. The first-order valence-electron chi connectivity index (χ1n) is 8.91. The van der Waals surface area contributed by atoms with E-state index >= 15 is 0 Å². The fourth-order valence-electron chi connectivity index (χ4n) is 3.26. The Morgan fingerprint density at radius 1 is 1.32 bits per heavy atom. The fraction of sp³-hybridized carbons (Fsp3) is 0.474. The third-order valence-electron chi connectivity index (χ3n) is 4.60. The van der Waals surface area contributed by atoms with Crippen molar-refractivity contribution < 1.29 is 9.90 Å². The van der Waals surface area contributed by atoms with Crippen molar-refractivity contribution in [3.05, 3.63) is 36.4 Å². The predicted molar refractivity (Wildman–Crippen MR) is 98.4 cm³/mol. The van der Waals surface area contributed by atoms with Crippen molar-refractivity contribution in [2.45, 2.75) is 45.3 Å². The first kappa shape index (κ1) is 17.5. The molecule has 0 saturated heterocycles. The van der Waals surface area contributed by atoms with Gasteiger partial charge in [0.1, 0.15) is 5.82 Å². The van der Waals surface area contributed by atoms with Gasteiger partial charge in [0.15, 0.2) is 0 Å². The number of aliphatic hydroxyl groups excluding tert-OH is 1. The van der Waals surface area contributed by atoms with Gasteiger partial charge in [0.25, 0.3) is 0 Å². The smallest absolute Gasteiger partial charge is 0.320 e. The minimum Gasteiger partial charge on any atom is -0.393 e. The lowest BCUT2D eigenvalue weighted by Gasteiger charge is -2.14. The number of nitrogens with zero attached hydrogens (tertiary/aromatic N) is 2. The lowest BCUT2D eigenvalue weighted by atomic mass is 10.1. The molecule has 2 aromatic rings. The minimum absolute atomic E-state index is 0.137. The standard InChI is InChI=1S/C19H26N4O2/c1-13(2)23-18(11-17(22-23)15-6-4-3-5-7-15)21-19(25)20-12-14-8-9-16(24)10-14/h3-7,11,13-14,16,24H,8-10,12H2,1-2H3,(H2,20,21,25). The predicted octanol–water partition coefficient (Wildman–Crippen LogP) is 3.41. The van der Waals surface area contributed by atoms with Crippen LogP contribution in [0.25, 0.3) is 11.3 Å². The van der Waals surface area contributed by atoms with Gasteiger partial charge in [-0.25, -0.2) is 9.48 Å². The first-order valence-corrected chi connectivity index (χ1v) is 8.91. The van der Waals surface area contributed by atoms with Crippen LogP contribution in [-0.4, -0.2) is 33.6 Å². The molecule has 1 aliphatic carbocycles. The van der Waals surface area contributed by atoms with Gasteiger partial charge in [-0.05, 0) is 39.0 Å². The van der Waals surface area contributed by atoms with Gasteiger partial charge in [0, 0.05) is 24.2 Å². The van der Waals surface area contributed by atoms with E-state index in [1.165, 1.54) is 0 Å². The zero-order valence-electron chi connectivity index (χ0n) is 14.8. The number of hydrogen-bond donors (Lipinski definition) is 3. The van der Waals surface area contributed by atoms with Crippen LogP contribution >= 0.6 is 0 Å². The van der Waals surface area contributed by atoms with Crippen LogP contribution in [0.2, 0.25) is 0 Å². The number of benzene rings is 1. The normalized spacial score (nSPS) is 20.0. The number of carbonyl (C=O) groups excluding carboxylic acids is 1. The molecular formula is C19H26N4O2. The van der Waals surface area contributed by atoms with E-state index in [-0.39, 0.29) is 18.2 Å².